The van der Waals surface area contributed by atoms with Gasteiger partial charge in [-0.25, -0.2) is 4.79 Å². The van der Waals surface area contributed by atoms with Gasteiger partial charge < -0.3 is 28.5 Å². The van der Waals surface area contributed by atoms with Gasteiger partial charge in [-0.15, -0.1) is 0 Å². The monoisotopic (exact) mass is 398 g/mol. The minimum absolute atomic E-state index is 0.0544. The van der Waals surface area contributed by atoms with Crippen LogP contribution in [0, 0.1) is 0 Å². The smallest absolute Gasteiger partial charge is 0.341 e. The fourth-order valence-electron chi connectivity index (χ4n) is 3.29. The molecule has 1 unspecified atom stereocenters. The van der Waals surface area contributed by atoms with Gasteiger partial charge in [0.05, 0.1) is 19.8 Å². The molecule has 29 heavy (non-hydrogen) atoms. The van der Waals surface area contributed by atoms with Crippen LogP contribution in [0.2, 0.25) is 0 Å². The van der Waals surface area contributed by atoms with Crippen molar-refractivity contribution >= 4 is 22.7 Å². The van der Waals surface area contributed by atoms with Crippen LogP contribution in [0.15, 0.2) is 40.8 Å². The number of hydrogen-bond acceptors (Lipinski definition) is 8. The second kappa shape index (κ2) is 7.48. The molecule has 0 saturated carbocycles. The fraction of sp³-hybridized carbons (Fsp3) is 0.238. The van der Waals surface area contributed by atoms with Crippen molar-refractivity contribution in [1.82, 2.24) is 0 Å². The van der Waals surface area contributed by atoms with Gasteiger partial charge in [0.15, 0.2) is 23.9 Å². The molecule has 0 saturated heterocycles. The molecule has 150 valence electrons. The maximum absolute atomic E-state index is 12.5. The quantitative estimate of drug-likeness (QED) is 0.499. The summed E-state index contributed by atoms with van der Waals surface area (Å²) in [7, 11) is 2.82. The van der Waals surface area contributed by atoms with E-state index < -0.39 is 12.3 Å². The Morgan fingerprint density at radius 3 is 2.66 bits per heavy atom. The number of aliphatic hydroxyl groups is 1. The number of cyclic esters (lactones) is 1. The van der Waals surface area contributed by atoms with E-state index >= 15 is 0 Å². The molecule has 8 nitrogen and oxygen atoms in total. The lowest BCUT2D eigenvalue weighted by molar-refractivity contribution is -0.0691. The van der Waals surface area contributed by atoms with Gasteiger partial charge >= 0.3 is 5.97 Å². The van der Waals surface area contributed by atoms with E-state index in [1.807, 2.05) is 18.2 Å². The van der Waals surface area contributed by atoms with E-state index in [9.17, 15) is 14.7 Å². The summed E-state index contributed by atoms with van der Waals surface area (Å²) in [5.41, 5.74) is 1.23. The first-order chi connectivity index (χ1) is 14.0. The SMILES string of the molecule is COc1c(OCC(=O)c2cc3ccccc3o2)cc2c(c1OC)CC(O)OC2=O. The third kappa shape index (κ3) is 3.38. The Hall–Kier alpha value is -3.52. The summed E-state index contributed by atoms with van der Waals surface area (Å²) in [6.07, 6.45) is -1.21. The van der Waals surface area contributed by atoms with Crippen molar-refractivity contribution < 1.29 is 38.1 Å². The zero-order valence-corrected chi connectivity index (χ0v) is 15.8. The predicted octanol–water partition coefficient (Wildman–Crippen LogP) is 2.74. The number of Topliss-reactive ketones (excluding diaryl/α,β-unsaturated/α-hetero) is 1. The maximum Gasteiger partial charge on any atom is 0.341 e. The summed E-state index contributed by atoms with van der Waals surface area (Å²) in [5.74, 6) is -0.331. The number of ketones is 1. The summed E-state index contributed by atoms with van der Waals surface area (Å²) in [6, 6.07) is 10.3. The normalized spacial score (nSPS) is 15.6. The number of benzene rings is 2. The second-order valence-corrected chi connectivity index (χ2v) is 6.39. The van der Waals surface area contributed by atoms with Gasteiger partial charge in [-0.1, -0.05) is 18.2 Å². The Bertz CT molecular complexity index is 1060. The number of para-hydroxylation sites is 1. The summed E-state index contributed by atoms with van der Waals surface area (Å²) in [5, 5.41) is 10.5. The van der Waals surface area contributed by atoms with E-state index in [1.54, 1.807) is 12.1 Å². The molecule has 0 radical (unpaired) electrons. The average Bonchev–Trinajstić information content (AvgIpc) is 3.15. The zero-order chi connectivity index (χ0) is 20.5. The number of aliphatic hydroxyl groups excluding tert-OH is 1. The first-order valence-corrected chi connectivity index (χ1v) is 8.83. The number of hydrogen-bond donors (Lipinski definition) is 1. The van der Waals surface area contributed by atoms with Gasteiger partial charge in [-0.3, -0.25) is 4.79 Å². The predicted molar refractivity (Wildman–Crippen MR) is 101 cm³/mol. The van der Waals surface area contributed by atoms with Gasteiger partial charge in [0.2, 0.25) is 17.8 Å². The number of furan rings is 1. The molecule has 0 fully saturated rings. The lowest BCUT2D eigenvalue weighted by atomic mass is 9.99. The van der Waals surface area contributed by atoms with E-state index in [1.165, 1.54) is 20.3 Å². The van der Waals surface area contributed by atoms with Crippen molar-refractivity contribution in [3.05, 3.63) is 53.3 Å². The molecule has 1 aromatic heterocycles. The largest absolute Gasteiger partial charge is 0.492 e. The number of ether oxygens (including phenoxy) is 4. The molecule has 1 aliphatic rings. The van der Waals surface area contributed by atoms with E-state index in [0.717, 1.165) is 5.39 Å². The van der Waals surface area contributed by atoms with Gasteiger partial charge in [-0.05, 0) is 18.2 Å². The first kappa shape index (κ1) is 18.8. The molecular formula is C21H18O8. The Morgan fingerprint density at radius 1 is 1.17 bits per heavy atom. The van der Waals surface area contributed by atoms with E-state index in [0.29, 0.717) is 11.1 Å². The van der Waals surface area contributed by atoms with Crippen LogP contribution in [0.5, 0.6) is 17.2 Å². The molecule has 0 spiro atoms. The number of rotatable bonds is 6. The summed E-state index contributed by atoms with van der Waals surface area (Å²) < 4.78 is 26.8. The molecule has 1 aliphatic heterocycles. The number of methoxy groups -OCH3 is 2. The average molecular weight is 398 g/mol. The van der Waals surface area contributed by atoms with Crippen LogP contribution < -0.4 is 14.2 Å². The topological polar surface area (TPSA) is 104 Å². The number of carbonyl (C=O) groups excluding carboxylic acids is 2. The fourth-order valence-corrected chi connectivity index (χ4v) is 3.29. The van der Waals surface area contributed by atoms with E-state index in [2.05, 4.69) is 0 Å². The molecule has 3 aromatic rings. The highest BCUT2D eigenvalue weighted by Gasteiger charge is 2.32. The molecule has 1 atom stereocenters. The molecular weight excluding hydrogens is 380 g/mol. The lowest BCUT2D eigenvalue weighted by Crippen LogP contribution is -2.28. The van der Waals surface area contributed by atoms with Crippen molar-refractivity contribution in [1.29, 1.82) is 0 Å². The van der Waals surface area contributed by atoms with Crippen molar-refractivity contribution in [2.75, 3.05) is 20.8 Å². The van der Waals surface area contributed by atoms with Gasteiger partial charge in [0.1, 0.15) is 5.58 Å². The first-order valence-electron chi connectivity index (χ1n) is 8.83. The van der Waals surface area contributed by atoms with Crippen molar-refractivity contribution in [3.8, 4) is 17.2 Å². The number of fused-ring (bicyclic) bond motifs is 2. The van der Waals surface area contributed by atoms with Crippen LogP contribution in [0.25, 0.3) is 11.0 Å². The van der Waals surface area contributed by atoms with Crippen molar-refractivity contribution in [2.24, 2.45) is 0 Å². The van der Waals surface area contributed by atoms with Gasteiger partial charge in [-0.2, -0.15) is 0 Å². The standard InChI is InChI=1S/C21H18O8/c1-25-19-12-9-18(23)29-21(24)13(12)8-17(20(19)26-2)27-10-14(22)16-7-11-5-3-4-6-15(11)28-16/h3-8,18,23H,9-10H2,1-2H3. The minimum Gasteiger partial charge on any atom is -0.492 e. The van der Waals surface area contributed by atoms with Gasteiger partial charge in [0, 0.05) is 17.4 Å². The molecule has 0 amide bonds. The van der Waals surface area contributed by atoms with Crippen LogP contribution in [0.1, 0.15) is 26.5 Å². The third-order valence-electron chi connectivity index (χ3n) is 4.61. The van der Waals surface area contributed by atoms with Crippen LogP contribution >= 0.6 is 0 Å². The molecule has 0 aliphatic carbocycles. The van der Waals surface area contributed by atoms with Gasteiger partial charge in [0.25, 0.3) is 0 Å². The molecule has 1 N–H and O–H groups in total. The summed E-state index contributed by atoms with van der Waals surface area (Å²) in [6.45, 7) is -0.338. The Kier molecular flexibility index (Phi) is 4.85. The van der Waals surface area contributed by atoms with Crippen LogP contribution in [-0.2, 0) is 11.2 Å². The molecule has 2 aromatic carbocycles. The molecule has 8 heteroatoms. The summed E-state index contributed by atoms with van der Waals surface area (Å²) >= 11 is 0. The Labute approximate surface area is 165 Å². The van der Waals surface area contributed by atoms with Crippen LogP contribution in [-0.4, -0.2) is 44.0 Å². The highest BCUT2D eigenvalue weighted by Crippen LogP contribution is 2.44. The maximum atomic E-state index is 12.5. The van der Waals surface area contributed by atoms with Crippen molar-refractivity contribution in [2.45, 2.75) is 12.7 Å². The highest BCUT2D eigenvalue weighted by atomic mass is 16.6. The lowest BCUT2D eigenvalue weighted by Gasteiger charge is -2.25. The zero-order valence-electron chi connectivity index (χ0n) is 15.8. The molecule has 0 bridgehead atoms. The molecule has 4 rings (SSSR count). The minimum atomic E-state index is -1.27. The van der Waals surface area contributed by atoms with Crippen LogP contribution in [0.4, 0.5) is 0 Å². The Morgan fingerprint density at radius 2 is 1.93 bits per heavy atom. The summed E-state index contributed by atoms with van der Waals surface area (Å²) in [4.78, 5) is 24.7. The van der Waals surface area contributed by atoms with Crippen LogP contribution in [0.3, 0.4) is 0 Å². The van der Waals surface area contributed by atoms with E-state index in [4.69, 9.17) is 23.4 Å². The number of esters is 1. The third-order valence-corrected chi connectivity index (χ3v) is 4.61. The Balaban J connectivity index is 1.63. The number of carbonyl (C=O) groups is 2. The van der Waals surface area contributed by atoms with E-state index in [-0.39, 0.29) is 47.4 Å². The molecule has 2 heterocycles. The second-order valence-electron chi connectivity index (χ2n) is 6.39. The van der Waals surface area contributed by atoms with Crippen molar-refractivity contribution in [3.63, 3.8) is 0 Å². The highest BCUT2D eigenvalue weighted by molar-refractivity contribution is 5.98.